The highest BCUT2D eigenvalue weighted by atomic mass is 32.2. The molecular weight excluding hydrogens is 274 g/mol. The molecule has 2 unspecified atom stereocenters. The summed E-state index contributed by atoms with van der Waals surface area (Å²) < 4.78 is 29.9. The van der Waals surface area contributed by atoms with Crippen LogP contribution in [0.2, 0.25) is 0 Å². The summed E-state index contributed by atoms with van der Waals surface area (Å²) in [7, 11) is 0. The minimum atomic E-state index is -2.53. The van der Waals surface area contributed by atoms with Gasteiger partial charge in [-0.2, -0.15) is 8.78 Å². The number of thioether (sulfide) groups is 1. The molecule has 0 aromatic heterocycles. The zero-order chi connectivity index (χ0) is 13.8. The van der Waals surface area contributed by atoms with Crippen LogP contribution in [-0.2, 0) is 9.53 Å². The van der Waals surface area contributed by atoms with Gasteiger partial charge in [-0.1, -0.05) is 23.9 Å². The highest BCUT2D eigenvalue weighted by molar-refractivity contribution is 7.99. The van der Waals surface area contributed by atoms with Gasteiger partial charge in [0, 0.05) is 10.9 Å². The molecule has 2 rings (SSSR count). The summed E-state index contributed by atoms with van der Waals surface area (Å²) in [6, 6.07) is 6.09. The maximum Gasteiger partial charge on any atom is 0.288 e. The van der Waals surface area contributed by atoms with E-state index in [2.05, 4.69) is 5.32 Å². The van der Waals surface area contributed by atoms with Crippen molar-refractivity contribution in [2.45, 2.75) is 16.7 Å². The number of hydrogen-bond acceptors (Lipinski definition) is 4. The summed E-state index contributed by atoms with van der Waals surface area (Å²) in [5.41, 5.74) is 6.11. The summed E-state index contributed by atoms with van der Waals surface area (Å²) in [6.45, 7) is 0.600. The van der Waals surface area contributed by atoms with Crippen molar-refractivity contribution in [2.24, 2.45) is 11.7 Å². The number of alkyl halides is 2. The standard InChI is InChI=1S/C12H14F2N2O2S/c13-12(14)19-10-4-2-1-3-9(10)16-11(17)7-5-18-6-8(7)15/h1-4,7-8,12H,5-6,15H2,(H,16,17). The molecule has 0 radical (unpaired) electrons. The summed E-state index contributed by atoms with van der Waals surface area (Å²) in [6.07, 6.45) is 0. The van der Waals surface area contributed by atoms with Gasteiger partial charge in [-0.05, 0) is 12.1 Å². The Balaban J connectivity index is 2.08. The maximum atomic E-state index is 12.4. The van der Waals surface area contributed by atoms with Crippen LogP contribution in [0.1, 0.15) is 0 Å². The van der Waals surface area contributed by atoms with Crippen LogP contribution >= 0.6 is 11.8 Å². The average Bonchev–Trinajstić information content (AvgIpc) is 2.77. The van der Waals surface area contributed by atoms with Crippen molar-refractivity contribution in [1.29, 1.82) is 0 Å². The van der Waals surface area contributed by atoms with E-state index < -0.39 is 11.7 Å². The third-order valence-corrected chi connectivity index (χ3v) is 3.61. The number of carbonyl (C=O) groups is 1. The molecule has 0 bridgehead atoms. The third kappa shape index (κ3) is 3.65. The van der Waals surface area contributed by atoms with Crippen molar-refractivity contribution in [2.75, 3.05) is 18.5 Å². The monoisotopic (exact) mass is 288 g/mol. The molecule has 1 aliphatic heterocycles. The molecule has 19 heavy (non-hydrogen) atoms. The Hall–Kier alpha value is -1.18. The quantitative estimate of drug-likeness (QED) is 0.831. The number of hydrogen-bond donors (Lipinski definition) is 2. The molecule has 1 amide bonds. The number of rotatable bonds is 4. The number of nitrogens with one attached hydrogen (secondary N) is 1. The van der Waals surface area contributed by atoms with Crippen LogP contribution in [-0.4, -0.2) is 30.9 Å². The average molecular weight is 288 g/mol. The minimum absolute atomic E-state index is 0.261. The lowest BCUT2D eigenvalue weighted by Crippen LogP contribution is -2.37. The van der Waals surface area contributed by atoms with Crippen LogP contribution in [0.25, 0.3) is 0 Å². The fourth-order valence-electron chi connectivity index (χ4n) is 1.84. The second-order valence-corrected chi connectivity index (χ2v) is 5.20. The third-order valence-electron chi connectivity index (χ3n) is 2.82. The number of anilines is 1. The van der Waals surface area contributed by atoms with Crippen LogP contribution in [0, 0.1) is 5.92 Å². The number of para-hydroxylation sites is 1. The Morgan fingerprint density at radius 2 is 2.16 bits per heavy atom. The molecule has 104 valence electrons. The lowest BCUT2D eigenvalue weighted by atomic mass is 10.0. The summed E-state index contributed by atoms with van der Waals surface area (Å²) in [5.74, 6) is -3.27. The van der Waals surface area contributed by atoms with E-state index in [1.54, 1.807) is 18.2 Å². The van der Waals surface area contributed by atoms with E-state index in [0.29, 0.717) is 29.0 Å². The van der Waals surface area contributed by atoms with Gasteiger partial charge in [0.25, 0.3) is 5.76 Å². The van der Waals surface area contributed by atoms with Crippen LogP contribution < -0.4 is 11.1 Å². The van der Waals surface area contributed by atoms with Gasteiger partial charge in [-0.25, -0.2) is 0 Å². The predicted octanol–water partition coefficient (Wildman–Crippen LogP) is 1.91. The molecule has 1 aromatic rings. The highest BCUT2D eigenvalue weighted by Gasteiger charge is 2.31. The Kier molecular flexibility index (Phi) is 4.73. The summed E-state index contributed by atoms with van der Waals surface area (Å²) in [4.78, 5) is 12.3. The number of nitrogens with two attached hydrogens (primary N) is 1. The van der Waals surface area contributed by atoms with Crippen LogP contribution in [0.15, 0.2) is 29.2 Å². The first-order valence-corrected chi connectivity index (χ1v) is 6.64. The molecule has 1 aliphatic rings. The molecule has 0 aliphatic carbocycles. The van der Waals surface area contributed by atoms with Crippen molar-refractivity contribution in [3.63, 3.8) is 0 Å². The zero-order valence-corrected chi connectivity index (χ0v) is 10.8. The summed E-state index contributed by atoms with van der Waals surface area (Å²) >= 11 is 0.400. The lowest BCUT2D eigenvalue weighted by Gasteiger charge is -2.15. The Bertz CT molecular complexity index is 459. The fraction of sp³-hybridized carbons (Fsp3) is 0.417. The van der Waals surface area contributed by atoms with Gasteiger partial charge in [0.2, 0.25) is 5.91 Å². The van der Waals surface area contributed by atoms with Crippen molar-refractivity contribution in [3.8, 4) is 0 Å². The molecule has 0 spiro atoms. The van der Waals surface area contributed by atoms with E-state index in [1.807, 2.05) is 0 Å². The first-order valence-electron chi connectivity index (χ1n) is 5.76. The van der Waals surface area contributed by atoms with Crippen molar-refractivity contribution in [1.82, 2.24) is 0 Å². The maximum absolute atomic E-state index is 12.4. The number of halogens is 2. The van der Waals surface area contributed by atoms with Gasteiger partial charge in [0.15, 0.2) is 0 Å². The molecule has 0 saturated carbocycles. The van der Waals surface area contributed by atoms with E-state index in [0.717, 1.165) is 0 Å². The molecule has 1 saturated heterocycles. The van der Waals surface area contributed by atoms with Crippen molar-refractivity contribution in [3.05, 3.63) is 24.3 Å². The smallest absolute Gasteiger partial charge is 0.288 e. The van der Waals surface area contributed by atoms with Crippen LogP contribution in [0.3, 0.4) is 0 Å². The van der Waals surface area contributed by atoms with E-state index in [9.17, 15) is 13.6 Å². The first-order chi connectivity index (χ1) is 9.08. The van der Waals surface area contributed by atoms with Gasteiger partial charge >= 0.3 is 0 Å². The zero-order valence-electron chi connectivity index (χ0n) is 10.0. The van der Waals surface area contributed by atoms with E-state index in [4.69, 9.17) is 10.5 Å². The molecule has 1 fully saturated rings. The second kappa shape index (κ2) is 6.31. The van der Waals surface area contributed by atoms with Crippen LogP contribution in [0.5, 0.6) is 0 Å². The molecule has 7 heteroatoms. The summed E-state index contributed by atoms with van der Waals surface area (Å²) in [5, 5.41) is 2.64. The molecular formula is C12H14F2N2O2S. The number of benzene rings is 1. The number of ether oxygens (including phenoxy) is 1. The van der Waals surface area contributed by atoms with Gasteiger partial charge in [0.05, 0.1) is 24.8 Å². The SMILES string of the molecule is NC1COCC1C(=O)Nc1ccccc1SC(F)F. The van der Waals surface area contributed by atoms with E-state index in [-0.39, 0.29) is 18.6 Å². The van der Waals surface area contributed by atoms with E-state index in [1.165, 1.54) is 6.07 Å². The number of carbonyl (C=O) groups excluding carboxylic acids is 1. The fourth-order valence-corrected chi connectivity index (χ4v) is 2.43. The van der Waals surface area contributed by atoms with Gasteiger partial charge in [0.1, 0.15) is 0 Å². The normalized spacial score (nSPS) is 22.7. The topological polar surface area (TPSA) is 64.3 Å². The van der Waals surface area contributed by atoms with Crippen molar-refractivity contribution < 1.29 is 18.3 Å². The van der Waals surface area contributed by atoms with E-state index >= 15 is 0 Å². The highest BCUT2D eigenvalue weighted by Crippen LogP contribution is 2.32. The molecule has 2 atom stereocenters. The predicted molar refractivity (Wildman–Crippen MR) is 69.2 cm³/mol. The molecule has 1 heterocycles. The van der Waals surface area contributed by atoms with Crippen molar-refractivity contribution >= 4 is 23.4 Å². The van der Waals surface area contributed by atoms with Gasteiger partial charge < -0.3 is 15.8 Å². The Morgan fingerprint density at radius 3 is 2.79 bits per heavy atom. The van der Waals surface area contributed by atoms with Gasteiger partial charge in [-0.15, -0.1) is 0 Å². The number of amides is 1. The molecule has 1 aromatic carbocycles. The minimum Gasteiger partial charge on any atom is -0.379 e. The molecule has 4 nitrogen and oxygen atoms in total. The van der Waals surface area contributed by atoms with Gasteiger partial charge in [-0.3, -0.25) is 4.79 Å². The van der Waals surface area contributed by atoms with Crippen LogP contribution in [0.4, 0.5) is 14.5 Å². The molecule has 3 N–H and O–H groups in total. The second-order valence-electron chi connectivity index (χ2n) is 4.17. The Labute approximate surface area is 113 Å². The first kappa shape index (κ1) is 14.2. The largest absolute Gasteiger partial charge is 0.379 e. The lowest BCUT2D eigenvalue weighted by molar-refractivity contribution is -0.120. The Morgan fingerprint density at radius 1 is 1.42 bits per heavy atom.